The number of nitrogens with one attached hydrogen (secondary N) is 2. The van der Waals surface area contributed by atoms with E-state index < -0.39 is 0 Å². The topological polar surface area (TPSA) is 89.4 Å². The van der Waals surface area contributed by atoms with Crippen LogP contribution in [-0.2, 0) is 9.59 Å². The van der Waals surface area contributed by atoms with E-state index >= 15 is 0 Å². The van der Waals surface area contributed by atoms with Gasteiger partial charge in [0.15, 0.2) is 0 Å². The van der Waals surface area contributed by atoms with Crippen molar-refractivity contribution in [2.75, 3.05) is 52.4 Å². The van der Waals surface area contributed by atoms with Gasteiger partial charge in [-0.05, 0) is 62.8 Å². The van der Waals surface area contributed by atoms with Crippen molar-refractivity contribution < 1.29 is 9.59 Å². The Morgan fingerprint density at radius 3 is 1.48 bits per heavy atom. The average molecular weight is 545 g/mol. The first kappa shape index (κ1) is 29.3. The molecule has 0 radical (unpaired) electrons. The first-order valence-corrected chi connectivity index (χ1v) is 14.9. The number of carbonyl (C=O) groups is 2. The van der Waals surface area contributed by atoms with Gasteiger partial charge in [0.1, 0.15) is 0 Å². The van der Waals surface area contributed by atoms with Crippen molar-refractivity contribution in [3.63, 3.8) is 0 Å². The molecule has 0 aromatic carbocycles. The van der Waals surface area contributed by atoms with Crippen LogP contribution < -0.4 is 10.6 Å². The number of hydrogen-bond acceptors (Lipinski definition) is 6. The highest BCUT2D eigenvalue weighted by Gasteiger charge is 2.17. The van der Waals surface area contributed by atoms with Crippen LogP contribution in [0.25, 0.3) is 0 Å². The molecule has 8 heteroatoms. The number of rotatable bonds is 0. The zero-order valence-electron chi connectivity index (χ0n) is 23.7. The summed E-state index contributed by atoms with van der Waals surface area (Å²) in [6, 6.07) is 0. The largest absolute Gasteiger partial charge is 0.383 e. The standard InChI is InChI=1S/C32H44N6O2/c39-31-17-7-8-18-32(40)38-24-10-20-34-28-14-4-1-3-13-27(28)33-19-9-23-37(31)25-11-21-35-29-15-5-2-6-16-30(29)36-22-12-26-38/h1-6,13-16,33,35H,7-12,17-26H2. The monoisotopic (exact) mass is 544 g/mol. The van der Waals surface area contributed by atoms with Crippen LogP contribution in [0, 0.1) is 0 Å². The number of hydrogen-bond donors (Lipinski definition) is 2. The molecule has 0 fully saturated rings. The van der Waals surface area contributed by atoms with Crippen molar-refractivity contribution in [1.29, 1.82) is 0 Å². The Kier molecular flexibility index (Phi) is 12.0. The number of nitrogens with zero attached hydrogens (tertiary/aromatic N) is 4. The summed E-state index contributed by atoms with van der Waals surface area (Å²) in [4.78, 5) is 40.2. The van der Waals surface area contributed by atoms with E-state index in [4.69, 9.17) is 9.98 Å². The van der Waals surface area contributed by atoms with E-state index in [1.54, 1.807) is 0 Å². The molecule has 0 atom stereocenters. The molecule has 214 valence electrons. The van der Waals surface area contributed by atoms with Crippen LogP contribution in [-0.4, -0.2) is 85.4 Å². The molecule has 2 aliphatic heterocycles. The Labute approximate surface area is 239 Å². The maximum Gasteiger partial charge on any atom is 0.222 e. The molecule has 0 aromatic rings. The summed E-state index contributed by atoms with van der Waals surface area (Å²) in [5.74, 6) is 0.337. The maximum atomic E-state index is 13.2. The van der Waals surface area contributed by atoms with E-state index in [2.05, 4.69) is 22.8 Å². The van der Waals surface area contributed by atoms with Crippen molar-refractivity contribution in [1.82, 2.24) is 20.4 Å². The molecule has 2 heterocycles. The van der Waals surface area contributed by atoms with Gasteiger partial charge in [-0.15, -0.1) is 0 Å². The van der Waals surface area contributed by atoms with Crippen LogP contribution >= 0.6 is 0 Å². The molecule has 2 amide bonds. The molecule has 0 spiro atoms. The number of carbonyl (C=O) groups excluding carboxylic acids is 2. The Hall–Kier alpha value is -3.68. The predicted octanol–water partition coefficient (Wildman–Crippen LogP) is 3.87. The minimum atomic E-state index is 0.161. The lowest BCUT2D eigenvalue weighted by Gasteiger charge is -2.25. The van der Waals surface area contributed by atoms with E-state index in [1.807, 2.05) is 58.4 Å². The lowest BCUT2D eigenvalue weighted by atomic mass is 10.1. The first-order valence-electron chi connectivity index (χ1n) is 14.9. The molecule has 8 nitrogen and oxygen atoms in total. The van der Waals surface area contributed by atoms with Gasteiger partial charge in [-0.25, -0.2) is 0 Å². The summed E-state index contributed by atoms with van der Waals surface area (Å²) < 4.78 is 0. The molecule has 0 unspecified atom stereocenters. The van der Waals surface area contributed by atoms with Crippen LogP contribution in [0.4, 0.5) is 0 Å². The normalized spacial score (nSPS) is 22.5. The van der Waals surface area contributed by atoms with Crippen LogP contribution in [0.1, 0.15) is 51.4 Å². The van der Waals surface area contributed by atoms with E-state index in [0.29, 0.717) is 52.1 Å². The van der Waals surface area contributed by atoms with E-state index in [0.717, 1.165) is 74.4 Å². The number of fused-ring (bicyclic) bond motifs is 9. The Morgan fingerprint density at radius 2 is 1.00 bits per heavy atom. The fourth-order valence-corrected chi connectivity index (χ4v) is 5.15. The number of allylic oxidation sites excluding steroid dienone is 10. The van der Waals surface area contributed by atoms with Crippen molar-refractivity contribution >= 4 is 23.2 Å². The van der Waals surface area contributed by atoms with Crippen LogP contribution in [0.5, 0.6) is 0 Å². The molecular weight excluding hydrogens is 500 g/mol. The Morgan fingerprint density at radius 1 is 0.550 bits per heavy atom. The third-order valence-electron chi connectivity index (χ3n) is 7.34. The molecule has 0 aromatic heterocycles. The van der Waals surface area contributed by atoms with E-state index in [9.17, 15) is 9.59 Å². The lowest BCUT2D eigenvalue weighted by molar-refractivity contribution is -0.133. The molecule has 2 aliphatic carbocycles. The van der Waals surface area contributed by atoms with E-state index in [1.165, 1.54) is 0 Å². The van der Waals surface area contributed by atoms with E-state index in [-0.39, 0.29) is 11.8 Å². The van der Waals surface area contributed by atoms with Gasteiger partial charge in [0.25, 0.3) is 0 Å². The van der Waals surface area contributed by atoms with Gasteiger partial charge in [0, 0.05) is 65.2 Å². The molecule has 4 rings (SSSR count). The van der Waals surface area contributed by atoms with Gasteiger partial charge >= 0.3 is 0 Å². The van der Waals surface area contributed by atoms with Crippen LogP contribution in [0.3, 0.4) is 0 Å². The minimum Gasteiger partial charge on any atom is -0.383 e. The molecular formula is C32H44N6O2. The Bertz CT molecular complexity index is 1050. The zero-order valence-corrected chi connectivity index (χ0v) is 23.7. The molecule has 0 saturated carbocycles. The first-order chi connectivity index (χ1) is 19.7. The van der Waals surface area contributed by atoms with Crippen molar-refractivity contribution in [3.05, 3.63) is 72.2 Å². The summed E-state index contributed by atoms with van der Waals surface area (Å²) in [6.45, 7) is 5.59. The van der Waals surface area contributed by atoms with Crippen molar-refractivity contribution in [2.45, 2.75) is 51.4 Å². The van der Waals surface area contributed by atoms with Gasteiger partial charge < -0.3 is 20.4 Å². The summed E-state index contributed by atoms with van der Waals surface area (Å²) >= 11 is 0. The highest BCUT2D eigenvalue weighted by atomic mass is 16.2. The third-order valence-corrected chi connectivity index (χ3v) is 7.34. The quantitative estimate of drug-likeness (QED) is 0.485. The SMILES string of the molecule is O=C1CCCCC(=O)N2CCCNC3=CC=CC=CC3=NCCCN1CCCN=C1C=CC=CC=C1NCCC2. The maximum absolute atomic E-state index is 13.2. The van der Waals surface area contributed by atoms with Gasteiger partial charge in [0.2, 0.25) is 11.8 Å². The molecule has 4 aliphatic rings. The summed E-state index contributed by atoms with van der Waals surface area (Å²) in [6.07, 6.45) is 26.0. The lowest BCUT2D eigenvalue weighted by Crippen LogP contribution is -2.36. The highest BCUT2D eigenvalue weighted by Crippen LogP contribution is 2.11. The summed E-state index contributed by atoms with van der Waals surface area (Å²) in [7, 11) is 0. The fourth-order valence-electron chi connectivity index (χ4n) is 5.15. The fraction of sp³-hybridized carbons (Fsp3) is 0.500. The molecule has 2 N–H and O–H groups in total. The zero-order chi connectivity index (χ0) is 27.8. The smallest absolute Gasteiger partial charge is 0.222 e. The Balaban J connectivity index is 1.56. The second-order valence-corrected chi connectivity index (χ2v) is 10.4. The van der Waals surface area contributed by atoms with Crippen molar-refractivity contribution in [2.24, 2.45) is 9.98 Å². The number of aliphatic imine (C=N–C) groups is 2. The minimum absolute atomic E-state index is 0.161. The summed E-state index contributed by atoms with van der Waals surface area (Å²) in [5, 5.41) is 7.09. The molecule has 0 saturated heterocycles. The number of amides is 2. The van der Waals surface area contributed by atoms with Gasteiger partial charge in [-0.3, -0.25) is 19.6 Å². The highest BCUT2D eigenvalue weighted by molar-refractivity contribution is 6.09. The second-order valence-electron chi connectivity index (χ2n) is 10.4. The molecule has 40 heavy (non-hydrogen) atoms. The molecule has 2 bridgehead atoms. The second kappa shape index (κ2) is 16.4. The van der Waals surface area contributed by atoms with Gasteiger partial charge in [0.05, 0.1) is 22.8 Å². The van der Waals surface area contributed by atoms with Gasteiger partial charge in [-0.1, -0.05) is 36.5 Å². The average Bonchev–Trinajstić information content (AvgIpc) is 3.32. The van der Waals surface area contributed by atoms with Gasteiger partial charge in [-0.2, -0.15) is 0 Å². The van der Waals surface area contributed by atoms with Crippen LogP contribution in [0.15, 0.2) is 82.1 Å². The van der Waals surface area contributed by atoms with Crippen LogP contribution in [0.2, 0.25) is 0 Å². The third kappa shape index (κ3) is 9.50. The summed E-state index contributed by atoms with van der Waals surface area (Å²) in [5.41, 5.74) is 3.85. The predicted molar refractivity (Wildman–Crippen MR) is 163 cm³/mol. The van der Waals surface area contributed by atoms with Crippen molar-refractivity contribution in [3.8, 4) is 0 Å².